The fourth-order valence-electron chi connectivity index (χ4n) is 3.51. The van der Waals surface area contributed by atoms with Crippen LogP contribution in [0.15, 0.2) is 41.3 Å². The monoisotopic (exact) mass is 415 g/mol. The number of benzene rings is 2. The fourth-order valence-corrected chi connectivity index (χ4v) is 5.55. The molecule has 146 valence electrons. The van der Waals surface area contributed by atoms with Crippen LogP contribution < -0.4 is 5.32 Å². The number of nitrogens with one attached hydrogen (secondary N) is 1. The Balaban J connectivity index is 1.34. The number of nitrogens with zero attached hydrogens (tertiary/aromatic N) is 2. The van der Waals surface area contributed by atoms with Crippen molar-refractivity contribution in [2.45, 2.75) is 31.6 Å². The molecule has 1 aromatic heterocycles. The summed E-state index contributed by atoms with van der Waals surface area (Å²) < 4.78 is 16.6. The topological polar surface area (TPSA) is 45.2 Å². The Hall–Kier alpha value is -1.96. The largest absolute Gasteiger partial charge is 0.302 e. The van der Waals surface area contributed by atoms with E-state index >= 15 is 0 Å². The highest BCUT2D eigenvalue weighted by atomic mass is 32.2. The van der Waals surface area contributed by atoms with Crippen LogP contribution in [0.5, 0.6) is 0 Å². The molecule has 0 aliphatic carbocycles. The van der Waals surface area contributed by atoms with E-state index in [4.69, 9.17) is 0 Å². The van der Waals surface area contributed by atoms with Gasteiger partial charge in [-0.2, -0.15) is 0 Å². The van der Waals surface area contributed by atoms with Crippen molar-refractivity contribution in [3.8, 4) is 0 Å². The summed E-state index contributed by atoms with van der Waals surface area (Å²) in [5.74, 6) is -0.191. The van der Waals surface area contributed by atoms with Crippen molar-refractivity contribution in [3.63, 3.8) is 0 Å². The Morgan fingerprint density at radius 2 is 2.04 bits per heavy atom. The van der Waals surface area contributed by atoms with E-state index in [-0.39, 0.29) is 17.6 Å². The van der Waals surface area contributed by atoms with Gasteiger partial charge in [-0.1, -0.05) is 23.5 Å². The number of aromatic nitrogens is 1. The molecule has 1 aliphatic heterocycles. The van der Waals surface area contributed by atoms with Gasteiger partial charge in [-0.3, -0.25) is 4.79 Å². The van der Waals surface area contributed by atoms with Crippen molar-refractivity contribution < 1.29 is 9.18 Å². The van der Waals surface area contributed by atoms with Crippen LogP contribution in [0.1, 0.15) is 24.0 Å². The van der Waals surface area contributed by atoms with Gasteiger partial charge in [0.05, 0.1) is 10.2 Å². The predicted molar refractivity (Wildman–Crippen MR) is 114 cm³/mol. The minimum absolute atomic E-state index is 0.0146. The van der Waals surface area contributed by atoms with Gasteiger partial charge in [0.2, 0.25) is 5.91 Å². The summed E-state index contributed by atoms with van der Waals surface area (Å²) in [7, 11) is 0. The molecule has 1 saturated heterocycles. The molecule has 4 rings (SSSR count). The molecule has 1 amide bonds. The summed E-state index contributed by atoms with van der Waals surface area (Å²) in [6.07, 6.45) is 1.58. The molecule has 4 nitrogen and oxygen atoms in total. The molecule has 0 spiro atoms. The standard InChI is InChI=1S/C21H22FN3OS2/c1-13-10-14(2)19-18(11-13)27-21(23-19)24-20(26)15-6-8-25(9-7-15)28-17-5-3-4-16(22)12-17/h3-5,10-12,15H,6-9H2,1-2H3,(H,23,24,26). The summed E-state index contributed by atoms with van der Waals surface area (Å²) in [4.78, 5) is 18.2. The molecular weight excluding hydrogens is 393 g/mol. The first-order chi connectivity index (χ1) is 13.5. The van der Waals surface area contributed by atoms with Crippen molar-refractivity contribution >= 4 is 44.5 Å². The molecule has 0 unspecified atom stereocenters. The molecule has 0 bridgehead atoms. The molecule has 0 radical (unpaired) electrons. The molecule has 2 aromatic carbocycles. The van der Waals surface area contributed by atoms with E-state index in [1.807, 2.05) is 13.0 Å². The summed E-state index contributed by atoms with van der Waals surface area (Å²) in [6, 6.07) is 10.8. The van der Waals surface area contributed by atoms with Gasteiger partial charge in [-0.05, 0) is 74.0 Å². The molecular formula is C21H22FN3OS2. The van der Waals surface area contributed by atoms with Crippen LogP contribution in [0, 0.1) is 25.6 Å². The van der Waals surface area contributed by atoms with Crippen molar-refractivity contribution in [2.75, 3.05) is 18.4 Å². The van der Waals surface area contributed by atoms with Gasteiger partial charge in [-0.15, -0.1) is 0 Å². The summed E-state index contributed by atoms with van der Waals surface area (Å²) in [6.45, 7) is 5.72. The number of fused-ring (bicyclic) bond motifs is 1. The highest BCUT2D eigenvalue weighted by Gasteiger charge is 2.26. The number of aryl methyl sites for hydroxylation is 2. The van der Waals surface area contributed by atoms with Gasteiger partial charge in [0, 0.05) is 23.9 Å². The van der Waals surface area contributed by atoms with Crippen LogP contribution in [-0.4, -0.2) is 28.3 Å². The Morgan fingerprint density at radius 3 is 2.79 bits per heavy atom. The lowest BCUT2D eigenvalue weighted by Crippen LogP contribution is -2.34. The maximum Gasteiger partial charge on any atom is 0.229 e. The van der Waals surface area contributed by atoms with Gasteiger partial charge in [0.25, 0.3) is 0 Å². The number of rotatable bonds is 4. The molecule has 3 aromatic rings. The lowest BCUT2D eigenvalue weighted by molar-refractivity contribution is -0.120. The van der Waals surface area contributed by atoms with Gasteiger partial charge in [0.1, 0.15) is 5.82 Å². The van der Waals surface area contributed by atoms with E-state index < -0.39 is 0 Å². The Labute approximate surface area is 172 Å². The molecule has 7 heteroatoms. The lowest BCUT2D eigenvalue weighted by Gasteiger charge is -2.30. The molecule has 1 aliphatic rings. The summed E-state index contributed by atoms with van der Waals surface area (Å²) in [5, 5.41) is 3.68. The van der Waals surface area contributed by atoms with Gasteiger partial charge < -0.3 is 5.32 Å². The minimum atomic E-state index is -0.222. The summed E-state index contributed by atoms with van der Waals surface area (Å²) >= 11 is 3.08. The lowest BCUT2D eigenvalue weighted by atomic mass is 9.97. The third kappa shape index (κ3) is 4.37. The van der Waals surface area contributed by atoms with E-state index in [0.717, 1.165) is 46.6 Å². The molecule has 28 heavy (non-hydrogen) atoms. The molecule has 0 atom stereocenters. The second-order valence-electron chi connectivity index (χ2n) is 7.19. The quantitative estimate of drug-likeness (QED) is 0.579. The maximum absolute atomic E-state index is 13.3. The summed E-state index contributed by atoms with van der Waals surface area (Å²) in [5.41, 5.74) is 3.30. The normalized spacial score (nSPS) is 15.8. The van der Waals surface area contributed by atoms with Crippen LogP contribution in [0.4, 0.5) is 9.52 Å². The number of hydrogen-bond acceptors (Lipinski definition) is 5. The number of carbonyl (C=O) groups excluding carboxylic acids is 1. The van der Waals surface area contributed by atoms with Crippen molar-refractivity contribution in [2.24, 2.45) is 5.92 Å². The van der Waals surface area contributed by atoms with Crippen LogP contribution >= 0.6 is 23.3 Å². The number of anilines is 1. The van der Waals surface area contributed by atoms with E-state index in [1.165, 1.54) is 23.0 Å². The van der Waals surface area contributed by atoms with Crippen LogP contribution in [0.3, 0.4) is 0 Å². The predicted octanol–water partition coefficient (Wildman–Crippen LogP) is 5.41. The zero-order valence-corrected chi connectivity index (χ0v) is 17.5. The van der Waals surface area contributed by atoms with Crippen LogP contribution in [-0.2, 0) is 4.79 Å². The molecule has 0 saturated carbocycles. The average molecular weight is 416 g/mol. The number of hydrogen-bond donors (Lipinski definition) is 1. The third-order valence-corrected chi connectivity index (χ3v) is 6.92. The van der Waals surface area contributed by atoms with Crippen molar-refractivity contribution in [1.29, 1.82) is 0 Å². The van der Waals surface area contributed by atoms with Crippen molar-refractivity contribution in [3.05, 3.63) is 53.3 Å². The maximum atomic E-state index is 13.3. The first-order valence-electron chi connectivity index (χ1n) is 9.35. The fraction of sp³-hybridized carbons (Fsp3) is 0.333. The molecule has 1 fully saturated rings. The first kappa shape index (κ1) is 19.4. The highest BCUT2D eigenvalue weighted by Crippen LogP contribution is 2.32. The number of halogens is 1. The highest BCUT2D eigenvalue weighted by molar-refractivity contribution is 7.97. The van der Waals surface area contributed by atoms with Gasteiger partial charge in [0.15, 0.2) is 5.13 Å². The Kier molecular flexibility index (Phi) is 5.66. The average Bonchev–Trinajstić information content (AvgIpc) is 3.05. The third-order valence-electron chi connectivity index (χ3n) is 4.92. The van der Waals surface area contributed by atoms with Crippen LogP contribution in [0.2, 0.25) is 0 Å². The second-order valence-corrected chi connectivity index (χ2v) is 9.39. The number of carbonyl (C=O) groups is 1. The number of piperidine rings is 1. The Bertz CT molecular complexity index is 1010. The number of amides is 1. The van der Waals surface area contributed by atoms with Gasteiger partial charge >= 0.3 is 0 Å². The number of thiazole rings is 1. The van der Waals surface area contributed by atoms with Crippen molar-refractivity contribution in [1.82, 2.24) is 9.29 Å². The smallest absolute Gasteiger partial charge is 0.229 e. The second kappa shape index (κ2) is 8.19. The van der Waals surface area contributed by atoms with Crippen LogP contribution in [0.25, 0.3) is 10.2 Å². The van der Waals surface area contributed by atoms with E-state index in [2.05, 4.69) is 33.7 Å². The molecule has 2 heterocycles. The van der Waals surface area contributed by atoms with E-state index in [9.17, 15) is 9.18 Å². The Morgan fingerprint density at radius 1 is 1.25 bits per heavy atom. The zero-order chi connectivity index (χ0) is 19.7. The minimum Gasteiger partial charge on any atom is -0.302 e. The van der Waals surface area contributed by atoms with E-state index in [1.54, 1.807) is 24.1 Å². The SMILES string of the molecule is Cc1cc(C)c2nc(NC(=O)C3CCN(Sc4cccc(F)c4)CC3)sc2c1. The van der Waals surface area contributed by atoms with E-state index in [0.29, 0.717) is 5.13 Å². The van der Waals surface area contributed by atoms with Gasteiger partial charge in [-0.25, -0.2) is 13.7 Å². The first-order valence-corrected chi connectivity index (χ1v) is 10.9. The molecule has 1 N–H and O–H groups in total. The zero-order valence-electron chi connectivity index (χ0n) is 15.9.